The van der Waals surface area contributed by atoms with Crippen LogP contribution in [0.4, 0.5) is 0 Å². The molecular weight excluding hydrogens is 440 g/mol. The summed E-state index contributed by atoms with van der Waals surface area (Å²) in [6.45, 7) is 7.83. The number of aryl methyl sites for hydroxylation is 1. The highest BCUT2D eigenvalue weighted by atomic mass is 16.5. The van der Waals surface area contributed by atoms with E-state index in [2.05, 4.69) is 50.8 Å². The molecule has 0 saturated heterocycles. The van der Waals surface area contributed by atoms with Crippen LogP contribution in [0.3, 0.4) is 0 Å². The molecule has 206 valence electrons. The molecule has 0 radical (unpaired) electrons. The molecule has 36 heavy (non-hydrogen) atoms. The van der Waals surface area contributed by atoms with Crippen molar-refractivity contribution in [3.8, 4) is 17.6 Å². The SMILES string of the molecule is CCCCCCCCCCCCCCCc1cc(C#CCCCO)cc(OCC(CC)CCCC)c1. The molecule has 2 nitrogen and oxygen atoms in total. The monoisotopic (exact) mass is 498 g/mol. The molecule has 2 heteroatoms. The van der Waals surface area contributed by atoms with E-state index in [0.717, 1.165) is 37.2 Å². The van der Waals surface area contributed by atoms with Gasteiger partial charge >= 0.3 is 0 Å². The highest BCUT2D eigenvalue weighted by molar-refractivity contribution is 5.43. The number of aliphatic hydroxyl groups is 1. The van der Waals surface area contributed by atoms with Gasteiger partial charge in [-0.3, -0.25) is 0 Å². The lowest BCUT2D eigenvalue weighted by molar-refractivity contribution is 0.233. The molecule has 0 aliphatic carbocycles. The second kappa shape index (κ2) is 23.9. The van der Waals surface area contributed by atoms with E-state index in [4.69, 9.17) is 9.84 Å². The standard InChI is InChI=1S/C34H58O2/c1-4-7-9-10-11-12-13-14-15-16-17-18-20-24-32-27-33(25-21-19-22-26-35)29-34(28-32)36-30-31(6-3)23-8-5-2/h27-29,31,35H,4-20,22-24,26,30H2,1-3H3. The minimum Gasteiger partial charge on any atom is -0.493 e. The molecule has 1 aromatic carbocycles. The third kappa shape index (κ3) is 17.9. The average Bonchev–Trinajstić information content (AvgIpc) is 2.89. The first-order chi connectivity index (χ1) is 17.7. The molecule has 0 aromatic heterocycles. The molecule has 1 aromatic rings. The van der Waals surface area contributed by atoms with Gasteiger partial charge in [-0.05, 0) is 55.4 Å². The first kappa shape index (κ1) is 32.6. The molecule has 1 rings (SSSR count). The number of hydrogen-bond acceptors (Lipinski definition) is 2. The smallest absolute Gasteiger partial charge is 0.120 e. The van der Waals surface area contributed by atoms with Crippen molar-refractivity contribution in [2.75, 3.05) is 13.2 Å². The highest BCUT2D eigenvalue weighted by Crippen LogP contribution is 2.22. The largest absolute Gasteiger partial charge is 0.493 e. The van der Waals surface area contributed by atoms with E-state index < -0.39 is 0 Å². The fourth-order valence-corrected chi connectivity index (χ4v) is 4.75. The van der Waals surface area contributed by atoms with Crippen LogP contribution in [0.2, 0.25) is 0 Å². The van der Waals surface area contributed by atoms with Crippen LogP contribution in [-0.2, 0) is 6.42 Å². The molecular formula is C34H58O2. The molecule has 0 saturated carbocycles. The molecule has 0 aliphatic rings. The van der Waals surface area contributed by atoms with Gasteiger partial charge < -0.3 is 9.84 Å². The van der Waals surface area contributed by atoms with E-state index in [0.29, 0.717) is 5.92 Å². The van der Waals surface area contributed by atoms with Gasteiger partial charge in [0.15, 0.2) is 0 Å². The van der Waals surface area contributed by atoms with Gasteiger partial charge in [0.1, 0.15) is 5.75 Å². The Morgan fingerprint density at radius 2 is 1.33 bits per heavy atom. The van der Waals surface area contributed by atoms with E-state index in [1.54, 1.807) is 0 Å². The zero-order valence-corrected chi connectivity index (χ0v) is 24.2. The predicted molar refractivity (Wildman–Crippen MR) is 158 cm³/mol. The van der Waals surface area contributed by atoms with E-state index >= 15 is 0 Å². The third-order valence-electron chi connectivity index (χ3n) is 7.26. The summed E-state index contributed by atoms with van der Waals surface area (Å²) in [5.41, 5.74) is 2.40. The fraction of sp³-hybridized carbons (Fsp3) is 0.765. The van der Waals surface area contributed by atoms with Crippen LogP contribution in [0.1, 0.15) is 154 Å². The van der Waals surface area contributed by atoms with E-state index in [1.807, 2.05) is 0 Å². The summed E-state index contributed by atoms with van der Waals surface area (Å²) in [7, 11) is 0. The Labute approximate surface area is 225 Å². The lowest BCUT2D eigenvalue weighted by Gasteiger charge is -2.16. The zero-order valence-electron chi connectivity index (χ0n) is 24.2. The number of ether oxygens (including phenoxy) is 1. The molecule has 0 bridgehead atoms. The van der Waals surface area contributed by atoms with Gasteiger partial charge in [-0.25, -0.2) is 0 Å². The Hall–Kier alpha value is -1.46. The Morgan fingerprint density at radius 3 is 1.92 bits per heavy atom. The molecule has 0 fully saturated rings. The van der Waals surface area contributed by atoms with Crippen LogP contribution < -0.4 is 4.74 Å². The molecule has 0 aliphatic heterocycles. The summed E-state index contributed by atoms with van der Waals surface area (Å²) < 4.78 is 6.28. The average molecular weight is 499 g/mol. The summed E-state index contributed by atoms with van der Waals surface area (Å²) in [5, 5.41) is 9.02. The van der Waals surface area contributed by atoms with Crippen molar-refractivity contribution in [2.24, 2.45) is 5.92 Å². The van der Waals surface area contributed by atoms with Crippen LogP contribution in [0.25, 0.3) is 0 Å². The van der Waals surface area contributed by atoms with Gasteiger partial charge in [-0.2, -0.15) is 0 Å². The maximum absolute atomic E-state index is 9.02. The number of unbranched alkanes of at least 4 members (excludes halogenated alkanes) is 14. The summed E-state index contributed by atoms with van der Waals surface area (Å²) in [6, 6.07) is 6.59. The second-order valence-corrected chi connectivity index (χ2v) is 10.7. The third-order valence-corrected chi connectivity index (χ3v) is 7.26. The molecule has 0 amide bonds. The first-order valence-corrected chi connectivity index (χ1v) is 15.6. The van der Waals surface area contributed by atoms with Gasteiger partial charge in [-0.15, -0.1) is 0 Å². The topological polar surface area (TPSA) is 29.5 Å². The van der Waals surface area contributed by atoms with Crippen molar-refractivity contribution >= 4 is 0 Å². The lowest BCUT2D eigenvalue weighted by atomic mass is 10.00. The van der Waals surface area contributed by atoms with Crippen molar-refractivity contribution in [3.63, 3.8) is 0 Å². The van der Waals surface area contributed by atoms with Crippen LogP contribution >= 0.6 is 0 Å². The molecule has 1 atom stereocenters. The number of rotatable bonds is 23. The van der Waals surface area contributed by atoms with E-state index in [1.165, 1.54) is 115 Å². The minimum absolute atomic E-state index is 0.207. The van der Waals surface area contributed by atoms with Gasteiger partial charge in [0.25, 0.3) is 0 Å². The summed E-state index contributed by atoms with van der Waals surface area (Å²) in [6.07, 6.45) is 25.6. The molecule has 1 unspecified atom stereocenters. The van der Waals surface area contributed by atoms with Gasteiger partial charge in [0, 0.05) is 18.6 Å². The van der Waals surface area contributed by atoms with Crippen LogP contribution in [-0.4, -0.2) is 18.3 Å². The molecule has 0 spiro atoms. The number of aliphatic hydroxyl groups excluding tert-OH is 1. The summed E-state index contributed by atoms with van der Waals surface area (Å²) in [4.78, 5) is 0. The van der Waals surface area contributed by atoms with Gasteiger partial charge in [-0.1, -0.05) is 129 Å². The van der Waals surface area contributed by atoms with Crippen molar-refractivity contribution in [1.82, 2.24) is 0 Å². The Balaban J connectivity index is 2.41. The van der Waals surface area contributed by atoms with E-state index in [-0.39, 0.29) is 6.61 Å². The van der Waals surface area contributed by atoms with Crippen molar-refractivity contribution in [2.45, 2.75) is 149 Å². The Morgan fingerprint density at radius 1 is 0.722 bits per heavy atom. The summed E-state index contributed by atoms with van der Waals surface area (Å²) in [5.74, 6) is 8.13. The Bertz CT molecular complexity index is 684. The maximum atomic E-state index is 9.02. The quantitative estimate of drug-likeness (QED) is 0.120. The maximum Gasteiger partial charge on any atom is 0.120 e. The normalized spacial score (nSPS) is 11.8. The number of hydrogen-bond donors (Lipinski definition) is 1. The second-order valence-electron chi connectivity index (χ2n) is 10.7. The fourth-order valence-electron chi connectivity index (χ4n) is 4.75. The van der Waals surface area contributed by atoms with Crippen molar-refractivity contribution in [1.29, 1.82) is 0 Å². The molecule has 1 N–H and O–H groups in total. The Kier molecular flexibility index (Phi) is 21.6. The zero-order chi connectivity index (χ0) is 26.1. The summed E-state index contributed by atoms with van der Waals surface area (Å²) >= 11 is 0. The predicted octanol–water partition coefficient (Wildman–Crippen LogP) is 10.0. The lowest BCUT2D eigenvalue weighted by Crippen LogP contribution is -2.11. The van der Waals surface area contributed by atoms with Gasteiger partial charge in [0.2, 0.25) is 0 Å². The van der Waals surface area contributed by atoms with Crippen LogP contribution in [0, 0.1) is 17.8 Å². The molecule has 0 heterocycles. The highest BCUT2D eigenvalue weighted by Gasteiger charge is 2.08. The van der Waals surface area contributed by atoms with E-state index in [9.17, 15) is 0 Å². The van der Waals surface area contributed by atoms with Crippen LogP contribution in [0.15, 0.2) is 18.2 Å². The van der Waals surface area contributed by atoms with Crippen molar-refractivity contribution in [3.05, 3.63) is 29.3 Å². The minimum atomic E-state index is 0.207. The van der Waals surface area contributed by atoms with Crippen LogP contribution in [0.5, 0.6) is 5.75 Å². The first-order valence-electron chi connectivity index (χ1n) is 15.6. The van der Waals surface area contributed by atoms with Crippen molar-refractivity contribution < 1.29 is 9.84 Å². The number of benzene rings is 1. The van der Waals surface area contributed by atoms with Gasteiger partial charge in [0.05, 0.1) is 6.61 Å².